The summed E-state index contributed by atoms with van der Waals surface area (Å²) in [5.74, 6) is 0.0468. The van der Waals surface area contributed by atoms with Crippen molar-refractivity contribution in [3.8, 4) is 0 Å². The van der Waals surface area contributed by atoms with Crippen LogP contribution in [-0.4, -0.2) is 42.4 Å². The number of nitrogens with one attached hydrogen (secondary N) is 1. The smallest absolute Gasteiger partial charge is 0.318 e. The Morgan fingerprint density at radius 2 is 1.86 bits per heavy atom. The van der Waals surface area contributed by atoms with Gasteiger partial charge in [-0.15, -0.1) is 5.10 Å². The van der Waals surface area contributed by atoms with E-state index in [-0.39, 0.29) is 5.91 Å². The van der Waals surface area contributed by atoms with Crippen LogP contribution >= 0.6 is 11.6 Å². The standard InChI is InChI=1S/C20H19ClN4O3/c21-16-8-4-7-15(13-16)18(26)22-17(14-5-2-1-3-6-14)19-23-24-20(28-19)25-9-11-27-12-10-25/h1-8,13,17H,9-12H2,(H,22,26)/t17-/m0/s1. The molecule has 8 heteroatoms. The highest BCUT2D eigenvalue weighted by atomic mass is 35.5. The molecule has 4 rings (SSSR count). The fraction of sp³-hybridized carbons (Fsp3) is 0.250. The van der Waals surface area contributed by atoms with E-state index in [0.717, 1.165) is 5.56 Å². The number of hydrogen-bond donors (Lipinski definition) is 1. The van der Waals surface area contributed by atoms with Crippen LogP contribution in [0.25, 0.3) is 0 Å². The van der Waals surface area contributed by atoms with Crippen molar-refractivity contribution in [2.45, 2.75) is 6.04 Å². The van der Waals surface area contributed by atoms with Gasteiger partial charge in [-0.2, -0.15) is 0 Å². The maximum Gasteiger partial charge on any atom is 0.318 e. The van der Waals surface area contributed by atoms with Gasteiger partial charge >= 0.3 is 6.01 Å². The molecule has 1 aliphatic heterocycles. The zero-order valence-electron chi connectivity index (χ0n) is 15.0. The number of carbonyl (C=O) groups is 1. The number of halogens is 1. The van der Waals surface area contributed by atoms with Crippen molar-refractivity contribution in [1.29, 1.82) is 0 Å². The molecule has 7 nitrogen and oxygen atoms in total. The first kappa shape index (κ1) is 18.5. The highest BCUT2D eigenvalue weighted by Gasteiger charge is 2.25. The van der Waals surface area contributed by atoms with Crippen LogP contribution < -0.4 is 10.2 Å². The van der Waals surface area contributed by atoms with Gasteiger partial charge in [0, 0.05) is 23.7 Å². The maximum absolute atomic E-state index is 12.8. The van der Waals surface area contributed by atoms with Crippen LogP contribution in [0.15, 0.2) is 59.0 Å². The van der Waals surface area contributed by atoms with Gasteiger partial charge in [0.15, 0.2) is 0 Å². The van der Waals surface area contributed by atoms with Crippen molar-refractivity contribution in [2.24, 2.45) is 0 Å². The third kappa shape index (κ3) is 4.16. The molecule has 0 spiro atoms. The number of ether oxygens (including phenoxy) is 1. The predicted octanol–water partition coefficient (Wildman–Crippen LogP) is 3.08. The summed E-state index contributed by atoms with van der Waals surface area (Å²) in [7, 11) is 0. The second kappa shape index (κ2) is 8.41. The summed E-state index contributed by atoms with van der Waals surface area (Å²) in [6, 6.07) is 16.1. The number of aromatic nitrogens is 2. The lowest BCUT2D eigenvalue weighted by atomic mass is 10.1. The number of rotatable bonds is 5. The summed E-state index contributed by atoms with van der Waals surface area (Å²) < 4.78 is 11.3. The molecule has 2 heterocycles. The van der Waals surface area contributed by atoms with E-state index in [0.29, 0.717) is 48.8 Å². The molecule has 1 aromatic heterocycles. The van der Waals surface area contributed by atoms with E-state index < -0.39 is 6.04 Å². The van der Waals surface area contributed by atoms with Crippen LogP contribution in [0.1, 0.15) is 27.9 Å². The molecule has 1 atom stereocenters. The van der Waals surface area contributed by atoms with E-state index in [1.165, 1.54) is 0 Å². The van der Waals surface area contributed by atoms with Gasteiger partial charge in [0.25, 0.3) is 5.91 Å². The molecule has 28 heavy (non-hydrogen) atoms. The molecule has 1 aliphatic rings. The minimum absolute atomic E-state index is 0.275. The first-order valence-electron chi connectivity index (χ1n) is 8.98. The zero-order valence-corrected chi connectivity index (χ0v) is 15.8. The van der Waals surface area contributed by atoms with Crippen molar-refractivity contribution >= 4 is 23.5 Å². The molecular formula is C20H19ClN4O3. The average molecular weight is 399 g/mol. The quantitative estimate of drug-likeness (QED) is 0.711. The molecule has 1 saturated heterocycles. The Bertz CT molecular complexity index is 941. The topological polar surface area (TPSA) is 80.5 Å². The van der Waals surface area contributed by atoms with Gasteiger partial charge in [0.2, 0.25) is 5.89 Å². The van der Waals surface area contributed by atoms with Crippen LogP contribution in [0.3, 0.4) is 0 Å². The summed E-state index contributed by atoms with van der Waals surface area (Å²) in [5, 5.41) is 11.8. The molecule has 0 radical (unpaired) electrons. The van der Waals surface area contributed by atoms with Crippen molar-refractivity contribution in [3.63, 3.8) is 0 Å². The van der Waals surface area contributed by atoms with Crippen LogP contribution in [0, 0.1) is 0 Å². The number of benzene rings is 2. The number of morpholine rings is 1. The van der Waals surface area contributed by atoms with Crippen LogP contribution in [0.5, 0.6) is 0 Å². The summed E-state index contributed by atoms with van der Waals surface area (Å²) in [6.07, 6.45) is 0. The average Bonchev–Trinajstić information content (AvgIpc) is 3.23. The Morgan fingerprint density at radius 1 is 1.07 bits per heavy atom. The zero-order chi connectivity index (χ0) is 19.3. The third-order valence-electron chi connectivity index (χ3n) is 4.45. The highest BCUT2D eigenvalue weighted by molar-refractivity contribution is 6.30. The largest absolute Gasteiger partial charge is 0.405 e. The molecule has 1 amide bonds. The molecule has 0 saturated carbocycles. The number of nitrogens with zero attached hydrogens (tertiary/aromatic N) is 3. The lowest BCUT2D eigenvalue weighted by Gasteiger charge is -2.24. The fourth-order valence-corrected chi connectivity index (χ4v) is 3.19. The molecule has 1 N–H and O–H groups in total. The number of amides is 1. The van der Waals surface area contributed by atoms with E-state index in [9.17, 15) is 4.79 Å². The molecule has 0 aliphatic carbocycles. The van der Waals surface area contributed by atoms with E-state index in [1.54, 1.807) is 24.3 Å². The molecule has 144 valence electrons. The molecule has 2 aromatic carbocycles. The van der Waals surface area contributed by atoms with Crippen LogP contribution in [-0.2, 0) is 4.74 Å². The van der Waals surface area contributed by atoms with Gasteiger partial charge in [0.1, 0.15) is 6.04 Å². The summed E-state index contributed by atoms with van der Waals surface area (Å²) in [5.41, 5.74) is 1.30. The highest BCUT2D eigenvalue weighted by Crippen LogP contribution is 2.25. The second-order valence-electron chi connectivity index (χ2n) is 6.35. The Balaban J connectivity index is 1.61. The molecule has 1 fully saturated rings. The summed E-state index contributed by atoms with van der Waals surface area (Å²) >= 11 is 6.01. The van der Waals surface area contributed by atoms with Gasteiger partial charge in [-0.1, -0.05) is 53.1 Å². The van der Waals surface area contributed by atoms with Crippen molar-refractivity contribution in [3.05, 3.63) is 76.6 Å². The monoisotopic (exact) mass is 398 g/mol. The lowest BCUT2D eigenvalue weighted by molar-refractivity contribution is 0.0937. The van der Waals surface area contributed by atoms with Gasteiger partial charge in [0.05, 0.1) is 13.2 Å². The van der Waals surface area contributed by atoms with E-state index in [1.807, 2.05) is 35.2 Å². The van der Waals surface area contributed by atoms with Crippen molar-refractivity contribution in [2.75, 3.05) is 31.2 Å². The number of carbonyl (C=O) groups excluding carboxylic acids is 1. The summed E-state index contributed by atoms with van der Waals surface area (Å²) in [6.45, 7) is 2.61. The normalized spacial score (nSPS) is 15.2. The van der Waals surface area contributed by atoms with Gasteiger partial charge in [-0.05, 0) is 23.8 Å². The Labute approximate surface area is 167 Å². The van der Waals surface area contributed by atoms with E-state index in [4.69, 9.17) is 20.8 Å². The SMILES string of the molecule is O=C(N[C@@H](c1ccccc1)c1nnc(N2CCOCC2)o1)c1cccc(Cl)c1. The van der Waals surface area contributed by atoms with Crippen molar-refractivity contribution < 1.29 is 13.9 Å². The minimum atomic E-state index is -0.574. The fourth-order valence-electron chi connectivity index (χ4n) is 3.00. The first-order chi connectivity index (χ1) is 13.7. The van der Waals surface area contributed by atoms with E-state index >= 15 is 0 Å². The number of anilines is 1. The first-order valence-corrected chi connectivity index (χ1v) is 9.36. The Morgan fingerprint density at radius 3 is 2.61 bits per heavy atom. The maximum atomic E-state index is 12.8. The lowest BCUT2D eigenvalue weighted by Crippen LogP contribution is -2.36. The van der Waals surface area contributed by atoms with Gasteiger partial charge in [-0.25, -0.2) is 0 Å². The van der Waals surface area contributed by atoms with Crippen LogP contribution in [0.2, 0.25) is 5.02 Å². The predicted molar refractivity (Wildman–Crippen MR) is 105 cm³/mol. The van der Waals surface area contributed by atoms with E-state index in [2.05, 4.69) is 15.5 Å². The summed E-state index contributed by atoms with van der Waals surface area (Å²) in [4.78, 5) is 14.7. The van der Waals surface area contributed by atoms with Gasteiger partial charge in [-0.3, -0.25) is 4.79 Å². The van der Waals surface area contributed by atoms with Crippen LogP contribution in [0.4, 0.5) is 6.01 Å². The molecule has 0 unspecified atom stereocenters. The Kier molecular flexibility index (Phi) is 5.55. The second-order valence-corrected chi connectivity index (χ2v) is 6.79. The molecule has 3 aromatic rings. The minimum Gasteiger partial charge on any atom is -0.405 e. The van der Waals surface area contributed by atoms with Gasteiger partial charge < -0.3 is 19.4 Å². The third-order valence-corrected chi connectivity index (χ3v) is 4.69. The molecule has 0 bridgehead atoms. The Hall–Kier alpha value is -2.90. The molecular weight excluding hydrogens is 380 g/mol. The number of hydrogen-bond acceptors (Lipinski definition) is 6. The van der Waals surface area contributed by atoms with Crippen molar-refractivity contribution in [1.82, 2.24) is 15.5 Å².